The number of piperazine rings is 1. The third-order valence-corrected chi connectivity index (χ3v) is 4.64. The highest BCUT2D eigenvalue weighted by atomic mass is 16.5. The van der Waals surface area contributed by atoms with E-state index in [1.807, 2.05) is 23.1 Å². The van der Waals surface area contributed by atoms with Gasteiger partial charge < -0.3 is 24.6 Å². The number of aromatic nitrogens is 1. The molecule has 2 heterocycles. The van der Waals surface area contributed by atoms with Gasteiger partial charge in [0.05, 0.1) is 33.2 Å². The van der Waals surface area contributed by atoms with Crippen molar-refractivity contribution in [3.8, 4) is 11.5 Å². The van der Waals surface area contributed by atoms with Gasteiger partial charge in [0, 0.05) is 31.3 Å². The number of para-hydroxylation sites is 1. The Kier molecular flexibility index (Phi) is 6.49. The topological polar surface area (TPSA) is 106 Å². The maximum atomic E-state index is 12.4. The van der Waals surface area contributed by atoms with Gasteiger partial charge in [-0.15, -0.1) is 0 Å². The zero-order valence-electron chi connectivity index (χ0n) is 15.9. The van der Waals surface area contributed by atoms with Crippen LogP contribution in [0.25, 0.3) is 0 Å². The van der Waals surface area contributed by atoms with Gasteiger partial charge in [0.15, 0.2) is 11.5 Å². The van der Waals surface area contributed by atoms with Gasteiger partial charge in [-0.1, -0.05) is 17.3 Å². The molecular weight excluding hydrogens is 364 g/mol. The Morgan fingerprint density at radius 2 is 2.21 bits per heavy atom. The third-order valence-electron chi connectivity index (χ3n) is 4.64. The van der Waals surface area contributed by atoms with Gasteiger partial charge in [0.25, 0.3) is 0 Å². The predicted octanol–water partition coefficient (Wildman–Crippen LogP) is 0.699. The first-order chi connectivity index (χ1) is 13.6. The summed E-state index contributed by atoms with van der Waals surface area (Å²) in [6.07, 6.45) is 1.50. The van der Waals surface area contributed by atoms with Gasteiger partial charge in [-0.3, -0.25) is 14.5 Å². The molecule has 1 aromatic carbocycles. The molecule has 150 valence electrons. The summed E-state index contributed by atoms with van der Waals surface area (Å²) in [5.41, 5.74) is 1.52. The number of nitrogens with zero attached hydrogens (tertiary/aromatic N) is 2. The Labute approximate surface area is 163 Å². The van der Waals surface area contributed by atoms with E-state index < -0.39 is 6.04 Å². The van der Waals surface area contributed by atoms with Gasteiger partial charge in [-0.25, -0.2) is 0 Å². The highest BCUT2D eigenvalue weighted by molar-refractivity contribution is 5.88. The molecule has 9 nitrogen and oxygen atoms in total. The second kappa shape index (κ2) is 9.23. The van der Waals surface area contributed by atoms with E-state index in [4.69, 9.17) is 14.0 Å². The van der Waals surface area contributed by atoms with Gasteiger partial charge >= 0.3 is 0 Å². The molecule has 1 saturated heterocycles. The van der Waals surface area contributed by atoms with Gasteiger partial charge in [0.2, 0.25) is 11.8 Å². The summed E-state index contributed by atoms with van der Waals surface area (Å²) in [7, 11) is 3.16. The molecule has 1 aliphatic rings. The zero-order valence-corrected chi connectivity index (χ0v) is 15.9. The average molecular weight is 388 g/mol. The first-order valence-corrected chi connectivity index (χ1v) is 9.00. The van der Waals surface area contributed by atoms with Crippen LogP contribution in [-0.2, 0) is 22.7 Å². The third kappa shape index (κ3) is 4.61. The first-order valence-electron chi connectivity index (χ1n) is 9.00. The minimum atomic E-state index is -0.568. The molecule has 1 aliphatic heterocycles. The SMILES string of the molecule is COc1cccc(CN2CCNC(=O)[C@H]2CC(=O)NCc2ccon2)c1OC. The lowest BCUT2D eigenvalue weighted by atomic mass is 10.1. The molecule has 3 rings (SSSR count). The molecule has 1 aromatic heterocycles. The molecule has 0 spiro atoms. The van der Waals surface area contributed by atoms with E-state index in [0.29, 0.717) is 36.8 Å². The van der Waals surface area contributed by atoms with Gasteiger partial charge in [-0.05, 0) is 6.07 Å². The van der Waals surface area contributed by atoms with Crippen LogP contribution in [0.2, 0.25) is 0 Å². The molecule has 0 bridgehead atoms. The predicted molar refractivity (Wildman–Crippen MR) is 99.7 cm³/mol. The highest BCUT2D eigenvalue weighted by Crippen LogP contribution is 2.32. The Hall–Kier alpha value is -3.07. The fraction of sp³-hybridized carbons (Fsp3) is 0.421. The largest absolute Gasteiger partial charge is 0.493 e. The van der Waals surface area contributed by atoms with Crippen molar-refractivity contribution < 1.29 is 23.6 Å². The van der Waals surface area contributed by atoms with E-state index in [-0.39, 0.29) is 24.8 Å². The van der Waals surface area contributed by atoms with Crippen LogP contribution in [0.4, 0.5) is 0 Å². The number of hydrogen-bond acceptors (Lipinski definition) is 7. The minimum Gasteiger partial charge on any atom is -0.493 e. The summed E-state index contributed by atoms with van der Waals surface area (Å²) >= 11 is 0. The van der Waals surface area contributed by atoms with Crippen LogP contribution in [-0.4, -0.2) is 55.2 Å². The second-order valence-electron chi connectivity index (χ2n) is 6.40. The number of carbonyl (C=O) groups excluding carboxylic acids is 2. The number of rotatable bonds is 8. The number of benzene rings is 1. The van der Waals surface area contributed by atoms with Crippen molar-refractivity contribution in [2.24, 2.45) is 0 Å². The van der Waals surface area contributed by atoms with Crippen molar-refractivity contribution in [1.82, 2.24) is 20.7 Å². The molecule has 28 heavy (non-hydrogen) atoms. The van der Waals surface area contributed by atoms with Crippen molar-refractivity contribution in [2.75, 3.05) is 27.3 Å². The number of amides is 2. The van der Waals surface area contributed by atoms with Crippen LogP contribution in [0.15, 0.2) is 35.1 Å². The molecule has 0 aliphatic carbocycles. The van der Waals surface area contributed by atoms with Crippen molar-refractivity contribution >= 4 is 11.8 Å². The van der Waals surface area contributed by atoms with E-state index in [0.717, 1.165) is 5.56 Å². The molecule has 2 aromatic rings. The molecule has 1 fully saturated rings. The monoisotopic (exact) mass is 388 g/mol. The van der Waals surface area contributed by atoms with Crippen LogP contribution >= 0.6 is 0 Å². The van der Waals surface area contributed by atoms with Crippen LogP contribution in [0, 0.1) is 0 Å². The van der Waals surface area contributed by atoms with Crippen LogP contribution in [0.1, 0.15) is 17.7 Å². The van der Waals surface area contributed by atoms with Crippen LogP contribution in [0.3, 0.4) is 0 Å². The molecule has 1 atom stereocenters. The smallest absolute Gasteiger partial charge is 0.237 e. The van der Waals surface area contributed by atoms with E-state index >= 15 is 0 Å². The number of hydrogen-bond donors (Lipinski definition) is 2. The Morgan fingerprint density at radius 1 is 1.36 bits per heavy atom. The molecule has 2 N–H and O–H groups in total. The maximum Gasteiger partial charge on any atom is 0.237 e. The molecule has 0 unspecified atom stereocenters. The summed E-state index contributed by atoms with van der Waals surface area (Å²) in [5.74, 6) is 0.867. The lowest BCUT2D eigenvalue weighted by Gasteiger charge is -2.35. The van der Waals surface area contributed by atoms with Crippen molar-refractivity contribution in [2.45, 2.75) is 25.6 Å². The fourth-order valence-electron chi connectivity index (χ4n) is 3.24. The lowest BCUT2D eigenvalue weighted by Crippen LogP contribution is -2.56. The van der Waals surface area contributed by atoms with Gasteiger partial charge in [-0.2, -0.15) is 0 Å². The summed E-state index contributed by atoms with van der Waals surface area (Å²) in [6.45, 7) is 1.89. The van der Waals surface area contributed by atoms with E-state index in [1.54, 1.807) is 20.3 Å². The van der Waals surface area contributed by atoms with Crippen molar-refractivity contribution in [3.63, 3.8) is 0 Å². The molecule has 0 saturated carbocycles. The lowest BCUT2D eigenvalue weighted by molar-refractivity contribution is -0.134. The van der Waals surface area contributed by atoms with E-state index in [1.165, 1.54) is 6.26 Å². The highest BCUT2D eigenvalue weighted by Gasteiger charge is 2.32. The van der Waals surface area contributed by atoms with Gasteiger partial charge in [0.1, 0.15) is 12.0 Å². The number of methoxy groups -OCH3 is 2. The summed E-state index contributed by atoms with van der Waals surface area (Å²) in [5, 5.41) is 9.35. The van der Waals surface area contributed by atoms with Crippen LogP contribution < -0.4 is 20.1 Å². The van der Waals surface area contributed by atoms with E-state index in [9.17, 15) is 9.59 Å². The van der Waals surface area contributed by atoms with Crippen molar-refractivity contribution in [1.29, 1.82) is 0 Å². The first kappa shape index (κ1) is 19.7. The summed E-state index contributed by atoms with van der Waals surface area (Å²) < 4.78 is 15.6. The normalized spacial score (nSPS) is 17.1. The van der Waals surface area contributed by atoms with Crippen molar-refractivity contribution in [3.05, 3.63) is 41.8 Å². The zero-order chi connectivity index (χ0) is 19.9. The molecular formula is C19H24N4O5. The Bertz CT molecular complexity index is 809. The maximum absolute atomic E-state index is 12.4. The molecule has 0 radical (unpaired) electrons. The Balaban J connectivity index is 1.68. The number of ether oxygens (including phenoxy) is 2. The fourth-order valence-corrected chi connectivity index (χ4v) is 3.24. The average Bonchev–Trinajstić information content (AvgIpc) is 3.22. The molecule has 9 heteroatoms. The van der Waals surface area contributed by atoms with Crippen LogP contribution in [0.5, 0.6) is 11.5 Å². The number of nitrogens with one attached hydrogen (secondary N) is 2. The quantitative estimate of drug-likeness (QED) is 0.686. The Morgan fingerprint density at radius 3 is 2.93 bits per heavy atom. The second-order valence-corrected chi connectivity index (χ2v) is 6.40. The molecule has 2 amide bonds. The summed E-state index contributed by atoms with van der Waals surface area (Å²) in [6, 6.07) is 6.73. The summed E-state index contributed by atoms with van der Waals surface area (Å²) in [4.78, 5) is 26.8. The standard InChI is InChI=1S/C19H24N4O5/c1-26-16-5-3-4-13(18(16)27-2)12-23-8-7-20-19(25)15(23)10-17(24)21-11-14-6-9-28-22-14/h3-6,9,15H,7-8,10-12H2,1-2H3,(H,20,25)(H,21,24)/t15-/m1/s1. The van der Waals surface area contributed by atoms with E-state index in [2.05, 4.69) is 15.8 Å². The number of carbonyl (C=O) groups is 2. The minimum absolute atomic E-state index is 0.0516.